The number of rotatable bonds is 4. The van der Waals surface area contributed by atoms with Crippen molar-refractivity contribution in [3.8, 4) is 11.5 Å². The van der Waals surface area contributed by atoms with Gasteiger partial charge in [0.15, 0.2) is 0 Å². The zero-order valence-electron chi connectivity index (χ0n) is 11.3. The summed E-state index contributed by atoms with van der Waals surface area (Å²) in [5, 5.41) is 3.46. The first-order valence-electron chi connectivity index (χ1n) is 6.31. The van der Waals surface area contributed by atoms with Crippen LogP contribution in [0, 0.1) is 0 Å². The van der Waals surface area contributed by atoms with E-state index in [1.165, 1.54) is 18.4 Å². The highest BCUT2D eigenvalue weighted by Gasteiger charge is 2.22. The molecule has 1 N–H and O–H groups in total. The van der Waals surface area contributed by atoms with Gasteiger partial charge < -0.3 is 14.8 Å². The Kier molecular flexibility index (Phi) is 4.78. The molecule has 1 aliphatic heterocycles. The fraction of sp³-hybridized carbons (Fsp3) is 0.571. The van der Waals surface area contributed by atoms with Crippen LogP contribution in [0.5, 0.6) is 11.5 Å². The maximum absolute atomic E-state index is 5.63. The van der Waals surface area contributed by atoms with E-state index >= 15 is 0 Å². The maximum atomic E-state index is 5.63. The monoisotopic (exact) mass is 267 g/mol. The number of piperidine rings is 1. The van der Waals surface area contributed by atoms with Gasteiger partial charge in [-0.1, -0.05) is 6.07 Å². The number of benzene rings is 1. The Morgan fingerprint density at radius 2 is 2.11 bits per heavy atom. The van der Waals surface area contributed by atoms with Crippen molar-refractivity contribution in [3.63, 3.8) is 0 Å². The predicted octanol–water partition coefficient (Wildman–Crippen LogP) is 2.89. The van der Waals surface area contributed by atoms with Crippen molar-refractivity contribution >= 4 is 11.8 Å². The molecule has 0 radical (unpaired) electrons. The third-order valence-corrected chi connectivity index (χ3v) is 4.27. The summed E-state index contributed by atoms with van der Waals surface area (Å²) in [4.78, 5) is 1.10. The van der Waals surface area contributed by atoms with Gasteiger partial charge in [-0.3, -0.25) is 0 Å². The Hall–Kier alpha value is -0.870. The minimum absolute atomic E-state index is 0.547. The molecule has 0 aliphatic carbocycles. The lowest BCUT2D eigenvalue weighted by Gasteiger charge is -2.26. The third-order valence-electron chi connectivity index (χ3n) is 3.47. The number of thioether (sulfide) groups is 1. The van der Waals surface area contributed by atoms with Crippen LogP contribution in [0.4, 0.5) is 0 Å². The smallest absolute Gasteiger partial charge is 0.139 e. The Bertz CT molecular complexity index is 403. The molecule has 0 aromatic heterocycles. The first-order chi connectivity index (χ1) is 8.81. The highest BCUT2D eigenvalue weighted by Crippen LogP contribution is 2.42. The molecule has 0 amide bonds. The topological polar surface area (TPSA) is 30.5 Å². The van der Waals surface area contributed by atoms with E-state index in [9.17, 15) is 0 Å². The SMILES string of the molecule is COc1ccc(C2CCCNC2)c(OC)c1SC. The largest absolute Gasteiger partial charge is 0.495 e. The summed E-state index contributed by atoms with van der Waals surface area (Å²) >= 11 is 1.68. The minimum Gasteiger partial charge on any atom is -0.495 e. The zero-order chi connectivity index (χ0) is 13.0. The van der Waals surface area contributed by atoms with Crippen LogP contribution in [-0.2, 0) is 0 Å². The number of ether oxygens (including phenoxy) is 2. The van der Waals surface area contributed by atoms with Gasteiger partial charge in [-0.15, -0.1) is 11.8 Å². The second-order valence-corrected chi connectivity index (χ2v) is 5.28. The Balaban J connectivity index is 2.40. The van der Waals surface area contributed by atoms with E-state index in [0.717, 1.165) is 29.5 Å². The van der Waals surface area contributed by atoms with E-state index in [1.54, 1.807) is 26.0 Å². The number of methoxy groups -OCH3 is 2. The fourth-order valence-electron chi connectivity index (χ4n) is 2.56. The summed E-state index contributed by atoms with van der Waals surface area (Å²) in [6, 6.07) is 4.20. The van der Waals surface area contributed by atoms with Crippen LogP contribution in [-0.4, -0.2) is 33.6 Å². The second-order valence-electron chi connectivity index (χ2n) is 4.47. The highest BCUT2D eigenvalue weighted by molar-refractivity contribution is 7.98. The van der Waals surface area contributed by atoms with Crippen molar-refractivity contribution in [2.24, 2.45) is 0 Å². The molecule has 1 atom stereocenters. The summed E-state index contributed by atoms with van der Waals surface area (Å²) in [5.74, 6) is 2.42. The van der Waals surface area contributed by atoms with Gasteiger partial charge in [0, 0.05) is 12.5 Å². The lowest BCUT2D eigenvalue weighted by molar-refractivity contribution is 0.364. The van der Waals surface area contributed by atoms with Gasteiger partial charge in [-0.05, 0) is 37.3 Å². The standard InChI is InChI=1S/C14H21NO2S/c1-16-12-7-6-11(10-5-4-8-15-9-10)13(17-2)14(12)18-3/h6-7,10,15H,4-5,8-9H2,1-3H3. The van der Waals surface area contributed by atoms with Crippen molar-refractivity contribution in [1.29, 1.82) is 0 Å². The minimum atomic E-state index is 0.547. The molecule has 1 aliphatic rings. The zero-order valence-corrected chi connectivity index (χ0v) is 12.1. The molecule has 3 nitrogen and oxygen atoms in total. The normalized spacial score (nSPS) is 19.6. The molecule has 1 saturated heterocycles. The van der Waals surface area contributed by atoms with E-state index in [2.05, 4.69) is 23.7 Å². The van der Waals surface area contributed by atoms with Crippen LogP contribution in [0.1, 0.15) is 24.3 Å². The van der Waals surface area contributed by atoms with E-state index in [4.69, 9.17) is 9.47 Å². The Morgan fingerprint density at radius 1 is 1.28 bits per heavy atom. The van der Waals surface area contributed by atoms with Gasteiger partial charge in [-0.25, -0.2) is 0 Å². The van der Waals surface area contributed by atoms with Crippen LogP contribution in [0.25, 0.3) is 0 Å². The molecule has 100 valence electrons. The molecule has 1 aromatic rings. The molecule has 2 rings (SSSR count). The summed E-state index contributed by atoms with van der Waals surface area (Å²) in [6.07, 6.45) is 4.52. The average Bonchev–Trinajstić information content (AvgIpc) is 2.46. The average molecular weight is 267 g/mol. The summed E-state index contributed by atoms with van der Waals surface area (Å²) in [6.45, 7) is 2.17. The van der Waals surface area contributed by atoms with Gasteiger partial charge >= 0.3 is 0 Å². The number of hydrogen-bond acceptors (Lipinski definition) is 4. The Morgan fingerprint density at radius 3 is 2.67 bits per heavy atom. The van der Waals surface area contributed by atoms with Crippen molar-refractivity contribution in [3.05, 3.63) is 17.7 Å². The van der Waals surface area contributed by atoms with Crippen LogP contribution < -0.4 is 14.8 Å². The second kappa shape index (κ2) is 6.34. The molecule has 1 fully saturated rings. The maximum Gasteiger partial charge on any atom is 0.139 e. The number of hydrogen-bond donors (Lipinski definition) is 1. The Labute approximate surface area is 113 Å². The van der Waals surface area contributed by atoms with Crippen molar-refractivity contribution in [2.75, 3.05) is 33.6 Å². The number of nitrogens with one attached hydrogen (secondary N) is 1. The van der Waals surface area contributed by atoms with Gasteiger partial charge in [0.25, 0.3) is 0 Å². The molecule has 0 bridgehead atoms. The summed E-state index contributed by atoms with van der Waals surface area (Å²) in [5.41, 5.74) is 1.30. The van der Waals surface area contributed by atoms with Crippen LogP contribution in [0.3, 0.4) is 0 Å². The van der Waals surface area contributed by atoms with Gasteiger partial charge in [-0.2, -0.15) is 0 Å². The molecular weight excluding hydrogens is 246 g/mol. The summed E-state index contributed by atoms with van der Waals surface area (Å²) < 4.78 is 11.0. The molecule has 4 heteroatoms. The lowest BCUT2D eigenvalue weighted by atomic mass is 9.91. The van der Waals surface area contributed by atoms with Gasteiger partial charge in [0.2, 0.25) is 0 Å². The van der Waals surface area contributed by atoms with E-state index in [0.29, 0.717) is 5.92 Å². The summed E-state index contributed by atoms with van der Waals surface area (Å²) in [7, 11) is 3.45. The molecule has 1 heterocycles. The van der Waals surface area contributed by atoms with Gasteiger partial charge in [0.1, 0.15) is 11.5 Å². The predicted molar refractivity (Wildman–Crippen MR) is 76.2 cm³/mol. The highest BCUT2D eigenvalue weighted by atomic mass is 32.2. The third kappa shape index (κ3) is 2.59. The van der Waals surface area contributed by atoms with E-state index in [-0.39, 0.29) is 0 Å². The molecule has 0 spiro atoms. The molecule has 1 unspecified atom stereocenters. The van der Waals surface area contributed by atoms with Crippen molar-refractivity contribution < 1.29 is 9.47 Å². The lowest BCUT2D eigenvalue weighted by Crippen LogP contribution is -2.28. The molecule has 1 aromatic carbocycles. The van der Waals surface area contributed by atoms with Crippen LogP contribution in [0.2, 0.25) is 0 Å². The molecule has 0 saturated carbocycles. The van der Waals surface area contributed by atoms with Crippen molar-refractivity contribution in [1.82, 2.24) is 5.32 Å². The quantitative estimate of drug-likeness (QED) is 0.850. The van der Waals surface area contributed by atoms with E-state index in [1.807, 2.05) is 0 Å². The van der Waals surface area contributed by atoms with Gasteiger partial charge in [0.05, 0.1) is 19.1 Å². The first-order valence-corrected chi connectivity index (χ1v) is 7.53. The van der Waals surface area contributed by atoms with Crippen LogP contribution in [0.15, 0.2) is 17.0 Å². The molecular formula is C14H21NO2S. The molecule has 18 heavy (non-hydrogen) atoms. The fourth-order valence-corrected chi connectivity index (χ4v) is 3.30. The van der Waals surface area contributed by atoms with Crippen LogP contribution >= 0.6 is 11.8 Å². The van der Waals surface area contributed by atoms with Crippen molar-refractivity contribution in [2.45, 2.75) is 23.7 Å². The first kappa shape index (κ1) is 13.6. The van der Waals surface area contributed by atoms with E-state index < -0.39 is 0 Å².